The average Bonchev–Trinajstić information content (AvgIpc) is 3.71. The summed E-state index contributed by atoms with van der Waals surface area (Å²) in [6, 6.07) is 23.0. The minimum Gasteiger partial charge on any atom is -0.383 e. The molecule has 0 bridgehead atoms. The molecular formula is C31H28BClFN7. The molecule has 1 aliphatic rings. The van der Waals surface area contributed by atoms with Gasteiger partial charge in [-0.2, -0.15) is 5.26 Å². The van der Waals surface area contributed by atoms with Crippen LogP contribution in [0.1, 0.15) is 54.1 Å². The van der Waals surface area contributed by atoms with E-state index < -0.39 is 5.44 Å². The van der Waals surface area contributed by atoms with Gasteiger partial charge in [-0.1, -0.05) is 66.2 Å². The van der Waals surface area contributed by atoms with E-state index in [2.05, 4.69) is 51.1 Å². The van der Waals surface area contributed by atoms with Crippen LogP contribution in [-0.2, 0) is 5.44 Å². The smallest absolute Gasteiger partial charge is 0.148 e. The SMILES string of the molecule is BC(Nc1cc(Cl)c2ncc(C#N)c(NC[C@@H](C)c3ccccc3)c2c1)(c1ccc(F)cc1)c1cn(C2CC2)nn1. The Balaban J connectivity index is 1.40. The molecule has 41 heavy (non-hydrogen) atoms. The van der Waals surface area contributed by atoms with Gasteiger partial charge in [-0.25, -0.2) is 9.07 Å². The van der Waals surface area contributed by atoms with Crippen LogP contribution in [0.3, 0.4) is 0 Å². The molecule has 3 aromatic carbocycles. The van der Waals surface area contributed by atoms with E-state index in [1.165, 1.54) is 17.7 Å². The summed E-state index contributed by atoms with van der Waals surface area (Å²) in [6.07, 6.45) is 5.66. The van der Waals surface area contributed by atoms with Crippen LogP contribution in [0.15, 0.2) is 79.1 Å². The van der Waals surface area contributed by atoms with E-state index in [1.807, 2.05) is 49.1 Å². The van der Waals surface area contributed by atoms with Crippen molar-refractivity contribution in [2.75, 3.05) is 17.2 Å². The lowest BCUT2D eigenvalue weighted by Crippen LogP contribution is -2.37. The Morgan fingerprint density at radius 2 is 1.93 bits per heavy atom. The van der Waals surface area contributed by atoms with Gasteiger partial charge in [0.1, 0.15) is 25.4 Å². The highest BCUT2D eigenvalue weighted by Gasteiger charge is 2.34. The minimum atomic E-state index is -0.854. The normalized spacial score (nSPS) is 15.2. The molecule has 0 radical (unpaired) electrons. The summed E-state index contributed by atoms with van der Waals surface area (Å²) in [5.74, 6) is -0.111. The van der Waals surface area contributed by atoms with E-state index in [0.717, 1.165) is 23.8 Å². The number of nitriles is 1. The predicted molar refractivity (Wildman–Crippen MR) is 162 cm³/mol. The second-order valence-electron chi connectivity index (χ2n) is 10.8. The fraction of sp³-hybridized carbons (Fsp3) is 0.226. The zero-order valence-corrected chi connectivity index (χ0v) is 23.5. The Labute approximate surface area is 243 Å². The van der Waals surface area contributed by atoms with Gasteiger partial charge in [-0.05, 0) is 54.2 Å². The molecule has 1 saturated carbocycles. The molecule has 0 amide bonds. The predicted octanol–water partition coefficient (Wildman–Crippen LogP) is 5.99. The minimum absolute atomic E-state index is 0.207. The second kappa shape index (κ2) is 10.9. The topological polar surface area (TPSA) is 91.5 Å². The van der Waals surface area contributed by atoms with Crippen molar-refractivity contribution < 1.29 is 4.39 Å². The van der Waals surface area contributed by atoms with E-state index in [9.17, 15) is 9.65 Å². The van der Waals surface area contributed by atoms with Gasteiger partial charge in [0.2, 0.25) is 0 Å². The third-order valence-corrected chi connectivity index (χ3v) is 8.05. The van der Waals surface area contributed by atoms with Crippen molar-refractivity contribution in [2.24, 2.45) is 0 Å². The Kier molecular flexibility index (Phi) is 7.10. The Morgan fingerprint density at radius 1 is 1.17 bits per heavy atom. The molecule has 10 heteroatoms. The van der Waals surface area contributed by atoms with E-state index in [0.29, 0.717) is 45.8 Å². The molecule has 7 nitrogen and oxygen atoms in total. The van der Waals surface area contributed by atoms with Gasteiger partial charge in [0.05, 0.1) is 39.5 Å². The molecule has 2 N–H and O–H groups in total. The highest BCUT2D eigenvalue weighted by atomic mass is 35.5. The number of fused-ring (bicyclic) bond motifs is 1. The maximum atomic E-state index is 13.9. The largest absolute Gasteiger partial charge is 0.383 e. The zero-order valence-electron chi connectivity index (χ0n) is 22.8. The molecular weight excluding hydrogens is 536 g/mol. The average molecular weight is 564 g/mol. The van der Waals surface area contributed by atoms with Crippen LogP contribution >= 0.6 is 11.6 Å². The van der Waals surface area contributed by atoms with Crippen molar-refractivity contribution in [3.8, 4) is 6.07 Å². The summed E-state index contributed by atoms with van der Waals surface area (Å²) in [5.41, 5.74) is 4.26. The van der Waals surface area contributed by atoms with Crippen molar-refractivity contribution in [1.82, 2.24) is 20.0 Å². The fourth-order valence-electron chi connectivity index (χ4n) is 5.14. The summed E-state index contributed by atoms with van der Waals surface area (Å²) >= 11 is 6.79. The number of pyridine rings is 1. The molecule has 0 aliphatic heterocycles. The van der Waals surface area contributed by atoms with Crippen molar-refractivity contribution in [2.45, 2.75) is 37.2 Å². The Morgan fingerprint density at radius 3 is 2.63 bits per heavy atom. The molecule has 0 saturated heterocycles. The summed E-state index contributed by atoms with van der Waals surface area (Å²) in [6.45, 7) is 2.76. The van der Waals surface area contributed by atoms with Crippen LogP contribution < -0.4 is 10.6 Å². The Hall–Kier alpha value is -4.42. The number of aromatic nitrogens is 4. The molecule has 2 heterocycles. The zero-order chi connectivity index (χ0) is 28.6. The second-order valence-corrected chi connectivity index (χ2v) is 11.2. The highest BCUT2D eigenvalue weighted by molar-refractivity contribution is 6.36. The van der Waals surface area contributed by atoms with Gasteiger partial charge >= 0.3 is 0 Å². The van der Waals surface area contributed by atoms with Crippen molar-refractivity contribution in [1.29, 1.82) is 5.26 Å². The molecule has 2 aromatic heterocycles. The van der Waals surface area contributed by atoms with Crippen LogP contribution in [0, 0.1) is 17.1 Å². The van der Waals surface area contributed by atoms with Crippen LogP contribution in [0.4, 0.5) is 15.8 Å². The standard InChI is InChI=1S/C31H28BClFN7/c1-19(20-5-3-2-4-6-20)16-36-29-21(15-35)17-37-30-26(29)13-24(14-27(30)33)38-31(32,22-7-9-23(34)10-8-22)28-18-41(40-39-28)25-11-12-25/h2-10,13-14,17-19,25,38H,11-12,16,32H2,1H3,(H,36,37)/t19-,31?/m1/s1. The quantitative estimate of drug-likeness (QED) is 0.214. The van der Waals surface area contributed by atoms with Crippen LogP contribution in [0.5, 0.6) is 0 Å². The number of rotatable bonds is 9. The number of nitrogens with zero attached hydrogens (tertiary/aromatic N) is 5. The molecule has 5 aromatic rings. The first-order valence-electron chi connectivity index (χ1n) is 13.6. The van der Waals surface area contributed by atoms with Crippen molar-refractivity contribution >= 4 is 41.7 Å². The molecule has 1 aliphatic carbocycles. The van der Waals surface area contributed by atoms with Gasteiger partial charge in [-0.3, -0.25) is 4.98 Å². The molecule has 204 valence electrons. The van der Waals surface area contributed by atoms with Crippen molar-refractivity contribution in [3.63, 3.8) is 0 Å². The first-order valence-corrected chi connectivity index (χ1v) is 14.0. The fourth-order valence-corrected chi connectivity index (χ4v) is 5.41. The first-order chi connectivity index (χ1) is 19.9. The molecule has 1 unspecified atom stereocenters. The third-order valence-electron chi connectivity index (χ3n) is 7.76. The summed E-state index contributed by atoms with van der Waals surface area (Å²) in [4.78, 5) is 4.50. The Bertz CT molecular complexity index is 1750. The van der Waals surface area contributed by atoms with E-state index >= 15 is 0 Å². The lowest BCUT2D eigenvalue weighted by Gasteiger charge is -2.31. The van der Waals surface area contributed by atoms with Crippen molar-refractivity contribution in [3.05, 3.63) is 112 Å². The number of benzene rings is 3. The number of anilines is 2. The van der Waals surface area contributed by atoms with E-state index in [1.54, 1.807) is 18.3 Å². The monoisotopic (exact) mass is 563 g/mol. The summed E-state index contributed by atoms with van der Waals surface area (Å²) in [5, 5.41) is 27.1. The first kappa shape index (κ1) is 26.8. The van der Waals surface area contributed by atoms with Gasteiger partial charge in [0.25, 0.3) is 0 Å². The summed E-state index contributed by atoms with van der Waals surface area (Å²) in [7, 11) is 1.99. The molecule has 0 spiro atoms. The maximum Gasteiger partial charge on any atom is 0.148 e. The summed E-state index contributed by atoms with van der Waals surface area (Å²) < 4.78 is 15.8. The number of hydrogen-bond acceptors (Lipinski definition) is 6. The molecule has 2 atom stereocenters. The lowest BCUT2D eigenvalue weighted by atomic mass is 9.69. The van der Waals surface area contributed by atoms with Gasteiger partial charge in [-0.15, -0.1) is 5.10 Å². The van der Waals surface area contributed by atoms with E-state index in [-0.39, 0.29) is 11.7 Å². The highest BCUT2D eigenvalue weighted by Crippen LogP contribution is 2.38. The van der Waals surface area contributed by atoms with Gasteiger partial charge in [0, 0.05) is 23.8 Å². The number of halogens is 2. The third kappa shape index (κ3) is 5.35. The molecule has 6 rings (SSSR count). The molecule has 1 fully saturated rings. The van der Waals surface area contributed by atoms with Crippen LogP contribution in [0.2, 0.25) is 5.02 Å². The van der Waals surface area contributed by atoms with Crippen LogP contribution in [0.25, 0.3) is 10.9 Å². The maximum absolute atomic E-state index is 13.9. The van der Waals surface area contributed by atoms with Crippen LogP contribution in [-0.4, -0.2) is 34.4 Å². The number of nitrogens with one attached hydrogen (secondary N) is 2. The van der Waals surface area contributed by atoms with E-state index in [4.69, 9.17) is 11.6 Å². The van der Waals surface area contributed by atoms with Gasteiger partial charge < -0.3 is 10.6 Å². The lowest BCUT2D eigenvalue weighted by molar-refractivity contribution is 0.610. The number of hydrogen-bond donors (Lipinski definition) is 2. The van der Waals surface area contributed by atoms with Gasteiger partial charge in [0.15, 0.2) is 0 Å².